The highest BCUT2D eigenvalue weighted by atomic mass is 17.2. The van der Waals surface area contributed by atoms with Crippen LogP contribution in [0.25, 0.3) is 0 Å². The normalized spacial score (nSPS) is 20.3. The molecule has 0 bridgehead atoms. The molecule has 0 saturated heterocycles. The van der Waals surface area contributed by atoms with E-state index in [-0.39, 0.29) is 0 Å². The predicted octanol–water partition coefficient (Wildman–Crippen LogP) is 2.03. The van der Waals surface area contributed by atoms with Crippen LogP contribution < -0.4 is 0 Å². The second kappa shape index (κ2) is 4.45. The van der Waals surface area contributed by atoms with Crippen molar-refractivity contribution in [2.45, 2.75) is 32.7 Å². The average Bonchev–Trinajstić information content (AvgIpc) is 2.80. The molecule has 0 aromatic carbocycles. The average molecular weight is 171 g/mol. The van der Waals surface area contributed by atoms with Crippen LogP contribution in [0, 0.1) is 11.8 Å². The van der Waals surface area contributed by atoms with Gasteiger partial charge in [-0.15, -0.1) is 0 Å². The van der Waals surface area contributed by atoms with Gasteiger partial charge in [0.1, 0.15) is 0 Å². The highest BCUT2D eigenvalue weighted by molar-refractivity contribution is 5.45. The first-order valence-corrected chi connectivity index (χ1v) is 4.46. The van der Waals surface area contributed by atoms with Gasteiger partial charge in [0.2, 0.25) is 6.40 Å². The van der Waals surface area contributed by atoms with Gasteiger partial charge in [0.15, 0.2) is 0 Å². The Morgan fingerprint density at radius 2 is 2.08 bits per heavy atom. The summed E-state index contributed by atoms with van der Waals surface area (Å²) in [5.74, 6) is 1.37. The standard InChI is InChI=1S/C9H17NO2/c1-7(2)9(8-4-5-8)10-6-12-11-3/h6-9H,4-5H2,1-3H3/t9-/m1/s1. The molecule has 1 aliphatic carbocycles. The van der Waals surface area contributed by atoms with Gasteiger partial charge < -0.3 is 4.89 Å². The Morgan fingerprint density at radius 1 is 1.42 bits per heavy atom. The molecule has 1 fully saturated rings. The summed E-state index contributed by atoms with van der Waals surface area (Å²) in [5.41, 5.74) is 0. The lowest BCUT2D eigenvalue weighted by atomic mass is 10.0. The number of hydrogen-bond donors (Lipinski definition) is 0. The Labute approximate surface area is 73.7 Å². The fourth-order valence-electron chi connectivity index (χ4n) is 1.41. The summed E-state index contributed by atoms with van der Waals surface area (Å²) in [6.45, 7) is 4.38. The SMILES string of the molecule is COOC=N[C@H](C(C)C)C1CC1. The Hall–Kier alpha value is -0.570. The summed E-state index contributed by atoms with van der Waals surface area (Å²) in [6.07, 6.45) is 4.03. The molecule has 1 rings (SSSR count). The van der Waals surface area contributed by atoms with E-state index in [9.17, 15) is 0 Å². The quantitative estimate of drug-likeness (QED) is 0.274. The molecular formula is C9H17NO2. The maximum atomic E-state index is 4.60. The molecule has 12 heavy (non-hydrogen) atoms. The third-order valence-electron chi connectivity index (χ3n) is 2.16. The first-order chi connectivity index (χ1) is 5.75. The predicted molar refractivity (Wildman–Crippen MR) is 47.9 cm³/mol. The number of hydrogen-bond acceptors (Lipinski definition) is 3. The summed E-state index contributed by atoms with van der Waals surface area (Å²) in [7, 11) is 1.48. The van der Waals surface area contributed by atoms with Crippen LogP contribution in [-0.4, -0.2) is 19.6 Å². The Kier molecular flexibility index (Phi) is 3.53. The van der Waals surface area contributed by atoms with Crippen molar-refractivity contribution in [1.29, 1.82) is 0 Å². The van der Waals surface area contributed by atoms with E-state index < -0.39 is 0 Å². The summed E-state index contributed by atoms with van der Waals surface area (Å²) < 4.78 is 0. The van der Waals surface area contributed by atoms with E-state index in [0.717, 1.165) is 5.92 Å². The van der Waals surface area contributed by atoms with Gasteiger partial charge in [-0.25, -0.2) is 0 Å². The third-order valence-corrected chi connectivity index (χ3v) is 2.16. The Bertz CT molecular complexity index is 151. The second-order valence-electron chi connectivity index (χ2n) is 3.59. The van der Waals surface area contributed by atoms with Crippen molar-refractivity contribution in [1.82, 2.24) is 0 Å². The van der Waals surface area contributed by atoms with Crippen LogP contribution in [0.1, 0.15) is 26.7 Å². The lowest BCUT2D eigenvalue weighted by molar-refractivity contribution is -0.188. The molecule has 3 nitrogen and oxygen atoms in total. The highest BCUT2D eigenvalue weighted by Crippen LogP contribution is 2.37. The van der Waals surface area contributed by atoms with Crippen molar-refractivity contribution < 1.29 is 9.78 Å². The summed E-state index contributed by atoms with van der Waals surface area (Å²) >= 11 is 0. The zero-order chi connectivity index (χ0) is 8.97. The molecule has 0 aliphatic heterocycles. The van der Waals surface area contributed by atoms with Crippen LogP contribution in [0.5, 0.6) is 0 Å². The Morgan fingerprint density at radius 3 is 2.50 bits per heavy atom. The topological polar surface area (TPSA) is 30.8 Å². The van der Waals surface area contributed by atoms with Crippen molar-refractivity contribution >= 4 is 6.40 Å². The van der Waals surface area contributed by atoms with E-state index in [4.69, 9.17) is 0 Å². The minimum Gasteiger partial charge on any atom is -0.326 e. The highest BCUT2D eigenvalue weighted by Gasteiger charge is 2.32. The third kappa shape index (κ3) is 2.81. The lowest BCUT2D eigenvalue weighted by Gasteiger charge is -2.14. The van der Waals surface area contributed by atoms with Crippen molar-refractivity contribution in [2.24, 2.45) is 16.8 Å². The summed E-state index contributed by atoms with van der Waals surface area (Å²) in [6, 6.07) is 0.417. The van der Waals surface area contributed by atoms with Gasteiger partial charge in [0.05, 0.1) is 13.2 Å². The van der Waals surface area contributed by atoms with Gasteiger partial charge in [-0.1, -0.05) is 13.8 Å². The lowest BCUT2D eigenvalue weighted by Crippen LogP contribution is -2.15. The summed E-state index contributed by atoms with van der Waals surface area (Å²) in [5, 5.41) is 0. The molecule has 0 N–H and O–H groups in total. The van der Waals surface area contributed by atoms with Crippen molar-refractivity contribution in [3.05, 3.63) is 0 Å². The maximum absolute atomic E-state index is 4.60. The first kappa shape index (κ1) is 9.52. The van der Waals surface area contributed by atoms with Gasteiger partial charge in [0, 0.05) is 0 Å². The van der Waals surface area contributed by atoms with E-state index in [1.807, 2.05) is 0 Å². The number of nitrogens with zero attached hydrogens (tertiary/aromatic N) is 1. The van der Waals surface area contributed by atoms with Gasteiger partial charge in [0.25, 0.3) is 0 Å². The molecular weight excluding hydrogens is 154 g/mol. The van der Waals surface area contributed by atoms with Crippen LogP contribution in [0.2, 0.25) is 0 Å². The minimum absolute atomic E-state index is 0.417. The van der Waals surface area contributed by atoms with Crippen LogP contribution >= 0.6 is 0 Å². The van der Waals surface area contributed by atoms with Crippen molar-refractivity contribution in [2.75, 3.05) is 7.11 Å². The minimum atomic E-state index is 0.417. The van der Waals surface area contributed by atoms with E-state index in [0.29, 0.717) is 12.0 Å². The molecule has 1 saturated carbocycles. The zero-order valence-corrected chi connectivity index (χ0v) is 7.99. The fraction of sp³-hybridized carbons (Fsp3) is 0.889. The molecule has 0 aromatic heterocycles. The molecule has 0 spiro atoms. The monoisotopic (exact) mass is 171 g/mol. The molecule has 0 aromatic rings. The van der Waals surface area contributed by atoms with Gasteiger partial charge in [-0.05, 0) is 24.7 Å². The molecule has 0 heterocycles. The number of aliphatic imine (C=N–C) groups is 1. The van der Waals surface area contributed by atoms with Crippen molar-refractivity contribution in [3.63, 3.8) is 0 Å². The van der Waals surface area contributed by atoms with Gasteiger partial charge in [-0.3, -0.25) is 4.99 Å². The molecule has 3 heteroatoms. The smallest absolute Gasteiger partial charge is 0.215 e. The molecule has 70 valence electrons. The first-order valence-electron chi connectivity index (χ1n) is 4.46. The van der Waals surface area contributed by atoms with Crippen LogP contribution in [0.15, 0.2) is 4.99 Å². The largest absolute Gasteiger partial charge is 0.326 e. The fourth-order valence-corrected chi connectivity index (χ4v) is 1.41. The van der Waals surface area contributed by atoms with E-state index in [1.165, 1.54) is 26.4 Å². The Balaban J connectivity index is 2.32. The molecule has 0 amide bonds. The maximum Gasteiger partial charge on any atom is 0.215 e. The van der Waals surface area contributed by atoms with E-state index in [1.54, 1.807) is 0 Å². The molecule has 1 atom stereocenters. The van der Waals surface area contributed by atoms with Gasteiger partial charge in [-0.2, -0.15) is 4.89 Å². The molecule has 0 unspecified atom stereocenters. The summed E-state index contributed by atoms with van der Waals surface area (Å²) in [4.78, 5) is 13.3. The van der Waals surface area contributed by atoms with E-state index in [2.05, 4.69) is 28.6 Å². The van der Waals surface area contributed by atoms with Crippen LogP contribution in [0.3, 0.4) is 0 Å². The van der Waals surface area contributed by atoms with Crippen molar-refractivity contribution in [3.8, 4) is 0 Å². The van der Waals surface area contributed by atoms with E-state index >= 15 is 0 Å². The molecule has 1 aliphatic rings. The second-order valence-corrected chi connectivity index (χ2v) is 3.59. The van der Waals surface area contributed by atoms with Crippen LogP contribution in [-0.2, 0) is 9.78 Å². The number of rotatable bonds is 5. The molecule has 0 radical (unpaired) electrons. The van der Waals surface area contributed by atoms with Crippen LogP contribution in [0.4, 0.5) is 0 Å². The zero-order valence-electron chi connectivity index (χ0n) is 7.99. The van der Waals surface area contributed by atoms with Gasteiger partial charge >= 0.3 is 0 Å².